The molecule has 0 amide bonds. The molecule has 0 radical (unpaired) electrons. The quantitative estimate of drug-likeness (QED) is 0.257. The van der Waals surface area contributed by atoms with E-state index in [0.717, 1.165) is 12.8 Å². The molecule has 0 bridgehead atoms. The van der Waals surface area contributed by atoms with Crippen molar-refractivity contribution in [3.63, 3.8) is 0 Å². The van der Waals surface area contributed by atoms with E-state index in [4.69, 9.17) is 0 Å². The third-order valence-corrected chi connectivity index (χ3v) is 8.07. The molecule has 0 fully saturated rings. The predicted molar refractivity (Wildman–Crippen MR) is 159 cm³/mol. The van der Waals surface area contributed by atoms with Gasteiger partial charge in [-0.25, -0.2) is 0 Å². The molecule has 2 nitrogen and oxygen atoms in total. The zero-order chi connectivity index (χ0) is 26.0. The number of nitrogens with one attached hydrogen (secondary N) is 1. The third kappa shape index (κ3) is 4.86. The van der Waals surface area contributed by atoms with Gasteiger partial charge in [0.25, 0.3) is 0 Å². The fourth-order valence-electron chi connectivity index (χ4n) is 5.98. The van der Waals surface area contributed by atoms with E-state index in [9.17, 15) is 0 Å². The van der Waals surface area contributed by atoms with E-state index in [2.05, 4.69) is 149 Å². The molecule has 37 heavy (non-hydrogen) atoms. The zero-order valence-corrected chi connectivity index (χ0v) is 22.8. The van der Waals surface area contributed by atoms with E-state index in [-0.39, 0.29) is 10.8 Å². The average Bonchev–Trinajstić information content (AvgIpc) is 3.15. The first-order valence-corrected chi connectivity index (χ1v) is 13.4. The summed E-state index contributed by atoms with van der Waals surface area (Å²) in [7, 11) is 2.16. The van der Waals surface area contributed by atoms with Crippen LogP contribution >= 0.6 is 0 Å². The van der Waals surface area contributed by atoms with Gasteiger partial charge >= 0.3 is 0 Å². The van der Waals surface area contributed by atoms with Gasteiger partial charge in [0, 0.05) is 27.8 Å². The number of hydrogen-bond acceptors (Lipinski definition) is 1. The van der Waals surface area contributed by atoms with E-state index >= 15 is 0 Å². The van der Waals surface area contributed by atoms with E-state index < -0.39 is 0 Å². The molecule has 1 atom stereocenters. The molecule has 1 unspecified atom stereocenters. The summed E-state index contributed by atoms with van der Waals surface area (Å²) in [4.78, 5) is 0. The molecular weight excluding hydrogens is 448 g/mol. The molecule has 0 saturated carbocycles. The molecular formula is C35H39N2+. The normalized spacial score (nSPS) is 17.2. The summed E-state index contributed by atoms with van der Waals surface area (Å²) in [5.74, 6) is 0. The predicted octanol–water partition coefficient (Wildman–Crippen LogP) is 7.71. The van der Waals surface area contributed by atoms with Gasteiger partial charge in [0.2, 0.25) is 0 Å². The van der Waals surface area contributed by atoms with E-state index in [1.54, 1.807) is 0 Å². The van der Waals surface area contributed by atoms with Crippen LogP contribution in [0.1, 0.15) is 49.4 Å². The Balaban J connectivity index is 1.51. The molecule has 1 aliphatic heterocycles. The fraction of sp³-hybridized carbons (Fsp3) is 0.257. The topological polar surface area (TPSA) is 28.6 Å². The highest BCUT2D eigenvalue weighted by molar-refractivity contribution is 5.90. The largest absolute Gasteiger partial charge is 0.358 e. The molecule has 0 saturated heterocycles. The van der Waals surface area contributed by atoms with E-state index in [1.807, 2.05) is 0 Å². The van der Waals surface area contributed by atoms with Gasteiger partial charge in [-0.05, 0) is 65.9 Å². The summed E-state index contributed by atoms with van der Waals surface area (Å²) < 4.78 is 0. The van der Waals surface area contributed by atoms with Crippen LogP contribution in [0.3, 0.4) is 0 Å². The maximum Gasteiger partial charge on any atom is 0.133 e. The Bertz CT molecular complexity index is 1480. The molecule has 0 aliphatic carbocycles. The Morgan fingerprint density at radius 1 is 0.919 bits per heavy atom. The lowest BCUT2D eigenvalue weighted by Gasteiger charge is -2.31. The second-order valence-electron chi connectivity index (χ2n) is 11.3. The minimum atomic E-state index is -0.0578. The Morgan fingerprint density at radius 3 is 2.46 bits per heavy atom. The van der Waals surface area contributed by atoms with Gasteiger partial charge in [-0.2, -0.15) is 0 Å². The minimum Gasteiger partial charge on any atom is -0.358 e. The van der Waals surface area contributed by atoms with Crippen molar-refractivity contribution in [2.24, 2.45) is 0 Å². The van der Waals surface area contributed by atoms with Crippen LogP contribution in [0, 0.1) is 6.92 Å². The van der Waals surface area contributed by atoms with Gasteiger partial charge in [0.15, 0.2) is 0 Å². The number of nitrogens with two attached hydrogens (primary N) is 1. The second-order valence-corrected chi connectivity index (χ2v) is 11.3. The highest BCUT2D eigenvalue weighted by Gasteiger charge is 2.35. The first-order chi connectivity index (χ1) is 17.8. The number of fused-ring (bicyclic) bond motifs is 2. The van der Waals surface area contributed by atoms with Gasteiger partial charge in [-0.3, -0.25) is 0 Å². The van der Waals surface area contributed by atoms with Crippen LogP contribution in [0.5, 0.6) is 0 Å². The maximum atomic E-state index is 3.67. The molecule has 0 spiro atoms. The van der Waals surface area contributed by atoms with Crippen LogP contribution in [-0.4, -0.2) is 7.05 Å². The number of quaternary nitrogens is 1. The molecule has 5 rings (SSSR count). The molecule has 0 aromatic heterocycles. The number of benzene rings is 4. The number of aryl methyl sites for hydroxylation is 1. The summed E-state index contributed by atoms with van der Waals surface area (Å²) >= 11 is 0. The first-order valence-electron chi connectivity index (χ1n) is 13.4. The van der Waals surface area contributed by atoms with Gasteiger partial charge in [0.05, 0.1) is 7.05 Å². The Hall–Kier alpha value is -3.62. The van der Waals surface area contributed by atoms with E-state index in [0.29, 0.717) is 0 Å². The first kappa shape index (κ1) is 25.0. The van der Waals surface area contributed by atoms with Gasteiger partial charge in [-0.1, -0.05) is 105 Å². The van der Waals surface area contributed by atoms with Crippen molar-refractivity contribution >= 4 is 22.1 Å². The SMILES string of the molecule is C[NH2+]c1ccc2ccccc2c1C(C)(C/C=C/C=C1/Nc2ccc(C)cc2C1(C)C)Cc1ccccc1. The summed E-state index contributed by atoms with van der Waals surface area (Å²) in [6.45, 7) is 9.22. The van der Waals surface area contributed by atoms with Crippen molar-refractivity contribution in [1.29, 1.82) is 0 Å². The molecule has 2 heteroatoms. The molecule has 1 aliphatic rings. The van der Waals surface area contributed by atoms with Crippen molar-refractivity contribution in [2.45, 2.75) is 51.4 Å². The van der Waals surface area contributed by atoms with Crippen LogP contribution in [0.2, 0.25) is 0 Å². The lowest BCUT2D eigenvalue weighted by atomic mass is 9.72. The van der Waals surface area contributed by atoms with Crippen LogP contribution < -0.4 is 10.6 Å². The summed E-state index contributed by atoms with van der Waals surface area (Å²) in [5, 5.41) is 8.59. The average molecular weight is 488 g/mol. The third-order valence-electron chi connectivity index (χ3n) is 8.07. The van der Waals surface area contributed by atoms with E-state index in [1.165, 1.54) is 50.1 Å². The summed E-state index contributed by atoms with van der Waals surface area (Å²) in [6.07, 6.45) is 8.83. The van der Waals surface area contributed by atoms with Crippen molar-refractivity contribution in [2.75, 3.05) is 12.4 Å². The highest BCUT2D eigenvalue weighted by Crippen LogP contribution is 2.44. The number of rotatable bonds is 7. The Kier molecular flexibility index (Phi) is 6.79. The Morgan fingerprint density at radius 2 is 1.68 bits per heavy atom. The van der Waals surface area contributed by atoms with Crippen molar-refractivity contribution in [3.05, 3.63) is 131 Å². The van der Waals surface area contributed by atoms with Crippen molar-refractivity contribution in [1.82, 2.24) is 0 Å². The van der Waals surface area contributed by atoms with Crippen LogP contribution in [0.4, 0.5) is 11.4 Å². The number of allylic oxidation sites excluding steroid dienone is 4. The van der Waals surface area contributed by atoms with Crippen molar-refractivity contribution < 1.29 is 5.32 Å². The number of hydrogen-bond donors (Lipinski definition) is 2. The molecule has 3 N–H and O–H groups in total. The second kappa shape index (κ2) is 10.0. The van der Waals surface area contributed by atoms with Gasteiger partial charge < -0.3 is 10.6 Å². The summed E-state index contributed by atoms with van der Waals surface area (Å²) in [6, 6.07) is 31.0. The Labute approximate surface area is 222 Å². The molecule has 188 valence electrons. The van der Waals surface area contributed by atoms with Crippen LogP contribution in [0.15, 0.2) is 109 Å². The minimum absolute atomic E-state index is 0.0288. The molecule has 4 aromatic carbocycles. The number of anilines is 1. The van der Waals surface area contributed by atoms with Gasteiger partial charge in [0.1, 0.15) is 5.69 Å². The smallest absolute Gasteiger partial charge is 0.133 e. The lowest BCUT2D eigenvalue weighted by Crippen LogP contribution is -2.73. The highest BCUT2D eigenvalue weighted by atomic mass is 15.0. The zero-order valence-electron chi connectivity index (χ0n) is 22.8. The van der Waals surface area contributed by atoms with Crippen LogP contribution in [0.25, 0.3) is 10.8 Å². The molecule has 1 heterocycles. The maximum absolute atomic E-state index is 3.67. The summed E-state index contributed by atoms with van der Waals surface area (Å²) in [5.41, 5.74) is 9.21. The van der Waals surface area contributed by atoms with Crippen molar-refractivity contribution in [3.8, 4) is 0 Å². The lowest BCUT2D eigenvalue weighted by molar-refractivity contribution is -0.540. The monoisotopic (exact) mass is 487 g/mol. The van der Waals surface area contributed by atoms with Gasteiger partial charge in [-0.15, -0.1) is 0 Å². The fourth-order valence-corrected chi connectivity index (χ4v) is 5.98. The van der Waals surface area contributed by atoms with Crippen LogP contribution in [-0.2, 0) is 17.3 Å². The molecule has 4 aromatic rings. The standard InChI is InChI=1S/C35H38N2/c1-25-18-20-30-29(23-25)34(2,3)32(37-30)17-11-12-22-35(4,24-26-13-7-6-8-14-26)33-28-16-10-9-15-27(28)19-21-31(33)36-5/h6-21,23,36-37H,22,24H2,1-5H3/p+1/b12-11+,32-17+.